The normalized spacial score (nSPS) is 21.0. The number of carbonyl (C=O) groups excluding carboxylic acids is 1. The Morgan fingerprint density at radius 1 is 1.33 bits per heavy atom. The Kier molecular flexibility index (Phi) is 4.49. The number of para-hydroxylation sites is 1. The quantitative estimate of drug-likeness (QED) is 0.613. The van der Waals surface area contributed by atoms with E-state index in [9.17, 15) is 19.7 Å². The van der Waals surface area contributed by atoms with E-state index in [1.807, 2.05) is 0 Å². The van der Waals surface area contributed by atoms with Crippen molar-refractivity contribution in [3.05, 3.63) is 39.9 Å². The topological polar surface area (TPSA) is 119 Å². The smallest absolute Gasteiger partial charge is 0.332 e. The summed E-state index contributed by atoms with van der Waals surface area (Å²) < 4.78 is 5.11. The van der Waals surface area contributed by atoms with E-state index in [1.165, 1.54) is 6.07 Å². The third-order valence-corrected chi connectivity index (χ3v) is 3.23. The van der Waals surface area contributed by atoms with Gasteiger partial charge in [0.15, 0.2) is 6.10 Å². The molecule has 21 heavy (non-hydrogen) atoms. The lowest BCUT2D eigenvalue weighted by Crippen LogP contribution is -2.35. The number of carboxylic acid groups (broad SMARTS) is 1. The number of aliphatic carboxylic acids is 1. The number of rotatable bonds is 5. The molecule has 2 atom stereocenters. The van der Waals surface area contributed by atoms with Crippen LogP contribution in [0.2, 0.25) is 0 Å². The number of hydrogen-bond donors (Lipinski definition) is 2. The van der Waals surface area contributed by atoms with Crippen molar-refractivity contribution in [3.8, 4) is 0 Å². The number of nitrogens with zero attached hydrogens (tertiary/aromatic N) is 1. The summed E-state index contributed by atoms with van der Waals surface area (Å²) in [6.07, 6.45) is -1.20. The van der Waals surface area contributed by atoms with Gasteiger partial charge in [0.1, 0.15) is 6.10 Å². The molecule has 2 N–H and O–H groups in total. The van der Waals surface area contributed by atoms with Crippen LogP contribution in [0.5, 0.6) is 0 Å². The average Bonchev–Trinajstić information content (AvgIpc) is 2.95. The van der Waals surface area contributed by atoms with Crippen LogP contribution in [0.1, 0.15) is 18.4 Å². The SMILES string of the molecule is O=C(O)C1CCC(C(=O)NCc2ccccc2[N+](=O)[O-])O1. The molecule has 0 radical (unpaired) electrons. The average molecular weight is 294 g/mol. The second-order valence-corrected chi connectivity index (χ2v) is 4.63. The molecule has 1 saturated heterocycles. The number of nitro benzene ring substituents is 1. The van der Waals surface area contributed by atoms with E-state index in [0.29, 0.717) is 12.0 Å². The van der Waals surface area contributed by atoms with Crippen LogP contribution < -0.4 is 5.32 Å². The molecule has 1 aromatic rings. The fraction of sp³-hybridized carbons (Fsp3) is 0.385. The molecule has 1 aromatic carbocycles. The molecule has 1 heterocycles. The van der Waals surface area contributed by atoms with Crippen molar-refractivity contribution in [2.45, 2.75) is 31.6 Å². The summed E-state index contributed by atoms with van der Waals surface area (Å²) in [5, 5.41) is 22.2. The fourth-order valence-corrected chi connectivity index (χ4v) is 2.15. The number of nitrogens with one attached hydrogen (secondary N) is 1. The molecule has 0 saturated carbocycles. The Morgan fingerprint density at radius 3 is 2.62 bits per heavy atom. The first kappa shape index (κ1) is 14.9. The first-order chi connectivity index (χ1) is 9.99. The van der Waals surface area contributed by atoms with Crippen molar-refractivity contribution in [3.63, 3.8) is 0 Å². The van der Waals surface area contributed by atoms with E-state index < -0.39 is 29.0 Å². The maximum absolute atomic E-state index is 11.9. The van der Waals surface area contributed by atoms with Gasteiger partial charge in [-0.2, -0.15) is 0 Å². The number of nitro groups is 1. The van der Waals surface area contributed by atoms with Gasteiger partial charge in [-0.05, 0) is 12.8 Å². The Morgan fingerprint density at radius 2 is 2.00 bits per heavy atom. The van der Waals surface area contributed by atoms with Gasteiger partial charge < -0.3 is 15.2 Å². The summed E-state index contributed by atoms with van der Waals surface area (Å²) in [5.41, 5.74) is 0.303. The van der Waals surface area contributed by atoms with Crippen LogP contribution in [0.25, 0.3) is 0 Å². The maximum atomic E-state index is 11.9. The van der Waals surface area contributed by atoms with Crippen molar-refractivity contribution in [1.82, 2.24) is 5.32 Å². The van der Waals surface area contributed by atoms with Crippen molar-refractivity contribution in [1.29, 1.82) is 0 Å². The van der Waals surface area contributed by atoms with Gasteiger partial charge in [-0.1, -0.05) is 18.2 Å². The van der Waals surface area contributed by atoms with Gasteiger partial charge in [0.2, 0.25) is 5.91 Å². The number of benzene rings is 1. The minimum Gasteiger partial charge on any atom is -0.479 e. The summed E-state index contributed by atoms with van der Waals surface area (Å²) in [5.74, 6) is -1.55. The Labute approximate surface area is 119 Å². The summed E-state index contributed by atoms with van der Waals surface area (Å²) in [6.45, 7) is -0.00636. The monoisotopic (exact) mass is 294 g/mol. The van der Waals surface area contributed by atoms with Crippen LogP contribution in [-0.4, -0.2) is 34.1 Å². The van der Waals surface area contributed by atoms with E-state index in [1.54, 1.807) is 18.2 Å². The van der Waals surface area contributed by atoms with Crippen molar-refractivity contribution in [2.75, 3.05) is 0 Å². The first-order valence-electron chi connectivity index (χ1n) is 6.37. The number of amides is 1. The van der Waals surface area contributed by atoms with E-state index in [-0.39, 0.29) is 18.7 Å². The largest absolute Gasteiger partial charge is 0.479 e. The molecule has 2 rings (SSSR count). The highest BCUT2D eigenvalue weighted by Gasteiger charge is 2.34. The predicted octanol–water partition coefficient (Wildman–Crippen LogP) is 0.843. The number of carbonyl (C=O) groups is 2. The zero-order valence-corrected chi connectivity index (χ0v) is 11.0. The van der Waals surface area contributed by atoms with Crippen LogP contribution in [0.3, 0.4) is 0 Å². The number of hydrogen-bond acceptors (Lipinski definition) is 5. The summed E-state index contributed by atoms with van der Waals surface area (Å²) >= 11 is 0. The summed E-state index contributed by atoms with van der Waals surface area (Å²) in [4.78, 5) is 32.9. The van der Waals surface area contributed by atoms with E-state index >= 15 is 0 Å². The van der Waals surface area contributed by atoms with Crippen LogP contribution >= 0.6 is 0 Å². The van der Waals surface area contributed by atoms with Gasteiger partial charge in [-0.15, -0.1) is 0 Å². The van der Waals surface area contributed by atoms with E-state index in [4.69, 9.17) is 9.84 Å². The molecule has 2 unspecified atom stereocenters. The Hall–Kier alpha value is -2.48. The maximum Gasteiger partial charge on any atom is 0.332 e. The highest BCUT2D eigenvalue weighted by molar-refractivity contribution is 5.82. The Balaban J connectivity index is 1.93. The van der Waals surface area contributed by atoms with E-state index in [2.05, 4.69) is 5.32 Å². The molecule has 112 valence electrons. The molecule has 0 aromatic heterocycles. The molecule has 1 amide bonds. The second kappa shape index (κ2) is 6.31. The van der Waals surface area contributed by atoms with Crippen LogP contribution in [0, 0.1) is 10.1 Å². The van der Waals surface area contributed by atoms with Crippen molar-refractivity contribution < 1.29 is 24.4 Å². The van der Waals surface area contributed by atoms with Gasteiger partial charge in [0.25, 0.3) is 5.69 Å². The van der Waals surface area contributed by atoms with Crippen LogP contribution in [-0.2, 0) is 20.9 Å². The number of ether oxygens (including phenoxy) is 1. The van der Waals surface area contributed by atoms with Crippen molar-refractivity contribution >= 4 is 17.6 Å². The molecule has 1 aliphatic rings. The minimum absolute atomic E-state index is 0.00636. The summed E-state index contributed by atoms with van der Waals surface area (Å²) in [6, 6.07) is 6.09. The molecular weight excluding hydrogens is 280 g/mol. The van der Waals surface area contributed by atoms with Gasteiger partial charge in [0, 0.05) is 18.2 Å². The zero-order valence-electron chi connectivity index (χ0n) is 11.0. The van der Waals surface area contributed by atoms with Gasteiger partial charge in [-0.3, -0.25) is 14.9 Å². The molecule has 8 nitrogen and oxygen atoms in total. The lowest BCUT2D eigenvalue weighted by atomic mass is 10.1. The van der Waals surface area contributed by atoms with Crippen LogP contribution in [0.4, 0.5) is 5.69 Å². The first-order valence-corrected chi connectivity index (χ1v) is 6.37. The molecule has 1 fully saturated rings. The molecular formula is C13H14N2O6. The molecule has 8 heteroatoms. The third kappa shape index (κ3) is 3.54. The predicted molar refractivity (Wildman–Crippen MR) is 70.5 cm³/mol. The molecule has 0 spiro atoms. The number of carboxylic acids is 1. The van der Waals surface area contributed by atoms with Gasteiger partial charge in [0.05, 0.1) is 4.92 Å². The van der Waals surface area contributed by atoms with Gasteiger partial charge in [-0.25, -0.2) is 4.79 Å². The highest BCUT2D eigenvalue weighted by atomic mass is 16.6. The fourth-order valence-electron chi connectivity index (χ4n) is 2.15. The molecule has 1 aliphatic heterocycles. The molecule has 0 bridgehead atoms. The van der Waals surface area contributed by atoms with E-state index in [0.717, 1.165) is 0 Å². The van der Waals surface area contributed by atoms with Crippen LogP contribution in [0.15, 0.2) is 24.3 Å². The molecule has 0 aliphatic carbocycles. The summed E-state index contributed by atoms with van der Waals surface area (Å²) in [7, 11) is 0. The third-order valence-electron chi connectivity index (χ3n) is 3.23. The zero-order chi connectivity index (χ0) is 15.4. The lowest BCUT2D eigenvalue weighted by Gasteiger charge is -2.11. The minimum atomic E-state index is -1.09. The Bertz CT molecular complexity index is 574. The highest BCUT2D eigenvalue weighted by Crippen LogP contribution is 2.21. The van der Waals surface area contributed by atoms with Crippen molar-refractivity contribution in [2.24, 2.45) is 0 Å². The lowest BCUT2D eigenvalue weighted by molar-refractivity contribution is -0.385. The van der Waals surface area contributed by atoms with Gasteiger partial charge >= 0.3 is 5.97 Å². The second-order valence-electron chi connectivity index (χ2n) is 4.63. The standard InChI is InChI=1S/C13H14N2O6/c16-12(10-5-6-11(21-10)13(17)18)14-7-8-3-1-2-4-9(8)15(19)20/h1-4,10-11H,5-7H2,(H,14,16)(H,17,18).